The van der Waals surface area contributed by atoms with E-state index >= 15 is 0 Å². The van der Waals surface area contributed by atoms with Crippen LogP contribution in [0.5, 0.6) is 0 Å². The summed E-state index contributed by atoms with van der Waals surface area (Å²) in [4.78, 5) is 21.8. The fourth-order valence-electron chi connectivity index (χ4n) is 3.68. The monoisotopic (exact) mass is 432 g/mol. The lowest BCUT2D eigenvalue weighted by Crippen LogP contribution is -2.33. The van der Waals surface area contributed by atoms with Gasteiger partial charge < -0.3 is 10.6 Å². The molecule has 3 aromatic rings. The van der Waals surface area contributed by atoms with Crippen LogP contribution in [0.15, 0.2) is 54.9 Å². The number of benzene rings is 1. The number of nitrogens with zero attached hydrogens (tertiary/aromatic N) is 2. The first-order valence-corrected chi connectivity index (χ1v) is 9.60. The van der Waals surface area contributed by atoms with Gasteiger partial charge in [-0.3, -0.25) is 9.78 Å². The van der Waals surface area contributed by atoms with E-state index in [1.54, 1.807) is 12.4 Å². The Morgan fingerprint density at radius 1 is 1.17 bits per heavy atom. The smallest absolute Gasteiger partial charge is 0.252 e. The highest BCUT2D eigenvalue weighted by molar-refractivity contribution is 6.07. The molecule has 154 valence electrons. The van der Waals surface area contributed by atoms with Crippen molar-refractivity contribution in [3.63, 3.8) is 0 Å². The summed E-state index contributed by atoms with van der Waals surface area (Å²) in [5.41, 5.74) is 3.16. The van der Waals surface area contributed by atoms with Gasteiger partial charge in [0, 0.05) is 29.9 Å². The quantitative estimate of drug-likeness (QED) is 0.631. The molecule has 2 N–H and O–H groups in total. The third kappa shape index (κ3) is 5.66. The van der Waals surface area contributed by atoms with Crippen molar-refractivity contribution in [2.24, 2.45) is 5.92 Å². The van der Waals surface area contributed by atoms with Crippen LogP contribution in [0.2, 0.25) is 0 Å². The molecule has 1 aromatic carbocycles. The van der Waals surface area contributed by atoms with Gasteiger partial charge in [-0.2, -0.15) is 0 Å². The standard InChI is InChI=1S/C22H24N4O.2ClH/c27-22(25-12-9-16-5-3-10-23-14-16)19-13-21(17-6-4-11-24-15-17)26-20-8-2-1-7-18(19)20;;/h1-2,4,6-8,11,13,15-16,23H,3,5,9-10,12,14H2,(H,25,27);2*1H. The lowest BCUT2D eigenvalue weighted by molar-refractivity contribution is 0.0952. The van der Waals surface area contributed by atoms with Crippen LogP contribution in [0, 0.1) is 5.92 Å². The molecule has 29 heavy (non-hydrogen) atoms. The van der Waals surface area contributed by atoms with Crippen molar-refractivity contribution in [3.05, 3.63) is 60.4 Å². The highest BCUT2D eigenvalue weighted by atomic mass is 35.5. The van der Waals surface area contributed by atoms with Crippen LogP contribution >= 0.6 is 24.8 Å². The molecule has 0 aliphatic carbocycles. The average molecular weight is 433 g/mol. The van der Waals surface area contributed by atoms with Gasteiger partial charge >= 0.3 is 0 Å². The molecule has 7 heteroatoms. The normalized spacial score (nSPS) is 15.8. The van der Waals surface area contributed by atoms with Crippen molar-refractivity contribution < 1.29 is 4.79 Å². The van der Waals surface area contributed by atoms with Gasteiger partial charge in [-0.1, -0.05) is 18.2 Å². The number of amides is 1. The Kier molecular flexibility index (Phi) is 8.83. The topological polar surface area (TPSA) is 66.9 Å². The van der Waals surface area contributed by atoms with Crippen molar-refractivity contribution in [2.45, 2.75) is 19.3 Å². The number of aromatic nitrogens is 2. The minimum Gasteiger partial charge on any atom is -0.352 e. The average Bonchev–Trinajstić information content (AvgIpc) is 2.74. The van der Waals surface area contributed by atoms with E-state index in [9.17, 15) is 4.79 Å². The lowest BCUT2D eigenvalue weighted by atomic mass is 9.96. The molecule has 0 radical (unpaired) electrons. The maximum Gasteiger partial charge on any atom is 0.252 e. The van der Waals surface area contributed by atoms with Crippen LogP contribution in [-0.2, 0) is 0 Å². The van der Waals surface area contributed by atoms with E-state index < -0.39 is 0 Å². The molecule has 1 fully saturated rings. The summed E-state index contributed by atoms with van der Waals surface area (Å²) in [6.45, 7) is 2.87. The molecule has 1 aliphatic rings. The summed E-state index contributed by atoms with van der Waals surface area (Å²) in [5, 5.41) is 7.41. The van der Waals surface area contributed by atoms with Gasteiger partial charge in [-0.15, -0.1) is 24.8 Å². The molecule has 1 amide bonds. The second kappa shape index (κ2) is 11.1. The first-order chi connectivity index (χ1) is 13.3. The van der Waals surface area contributed by atoms with Gasteiger partial charge in [0.25, 0.3) is 5.91 Å². The first kappa shape index (κ1) is 23.1. The van der Waals surface area contributed by atoms with Gasteiger partial charge in [-0.25, -0.2) is 4.98 Å². The van der Waals surface area contributed by atoms with Gasteiger partial charge in [0.1, 0.15) is 0 Å². The highest BCUT2D eigenvalue weighted by Crippen LogP contribution is 2.24. The Balaban J connectivity index is 0.00000150. The van der Waals surface area contributed by atoms with Crippen LogP contribution in [0.1, 0.15) is 29.6 Å². The number of hydrogen-bond acceptors (Lipinski definition) is 4. The number of rotatable bonds is 5. The number of fused-ring (bicyclic) bond motifs is 1. The van der Waals surface area contributed by atoms with Crippen LogP contribution in [0.25, 0.3) is 22.2 Å². The van der Waals surface area contributed by atoms with Gasteiger partial charge in [0.15, 0.2) is 0 Å². The summed E-state index contributed by atoms with van der Waals surface area (Å²) in [6.07, 6.45) is 6.98. The number of carbonyl (C=O) groups is 1. The molecule has 5 nitrogen and oxygen atoms in total. The summed E-state index contributed by atoms with van der Waals surface area (Å²) in [5.74, 6) is 0.613. The Labute approximate surface area is 183 Å². The molecule has 1 saturated heterocycles. The molecule has 2 aromatic heterocycles. The maximum absolute atomic E-state index is 12.9. The molecular formula is C22H26Cl2N4O. The molecule has 3 heterocycles. The third-order valence-electron chi connectivity index (χ3n) is 5.16. The van der Waals surface area contributed by atoms with Crippen LogP contribution in [-0.4, -0.2) is 35.5 Å². The van der Waals surface area contributed by atoms with Crippen LogP contribution < -0.4 is 10.6 Å². The molecule has 1 atom stereocenters. The van der Waals surface area contributed by atoms with Crippen molar-refractivity contribution >= 4 is 41.6 Å². The highest BCUT2D eigenvalue weighted by Gasteiger charge is 2.16. The zero-order chi connectivity index (χ0) is 18.5. The largest absolute Gasteiger partial charge is 0.352 e. The summed E-state index contributed by atoms with van der Waals surface area (Å²) < 4.78 is 0. The predicted octanol–water partition coefficient (Wildman–Crippen LogP) is 4.26. The Morgan fingerprint density at radius 2 is 2.03 bits per heavy atom. The number of para-hydroxylation sites is 1. The molecule has 0 bridgehead atoms. The second-order valence-corrected chi connectivity index (χ2v) is 7.07. The number of nitrogens with one attached hydrogen (secondary N) is 2. The number of carbonyl (C=O) groups excluding carboxylic acids is 1. The summed E-state index contributed by atoms with van der Waals surface area (Å²) >= 11 is 0. The molecule has 0 saturated carbocycles. The van der Waals surface area contributed by atoms with Gasteiger partial charge in [-0.05, 0) is 62.5 Å². The first-order valence-electron chi connectivity index (χ1n) is 9.60. The fraction of sp³-hybridized carbons (Fsp3) is 0.318. The number of halogens is 2. The SMILES string of the molecule is Cl.Cl.O=C(NCCC1CCCNC1)c1cc(-c2cccnc2)nc2ccccc12. The minimum absolute atomic E-state index is 0. The van der Waals surface area contributed by atoms with E-state index in [0.717, 1.165) is 41.7 Å². The number of hydrogen-bond donors (Lipinski definition) is 2. The zero-order valence-electron chi connectivity index (χ0n) is 16.1. The van der Waals surface area contributed by atoms with Crippen molar-refractivity contribution in [1.29, 1.82) is 0 Å². The van der Waals surface area contributed by atoms with E-state index in [1.807, 2.05) is 42.5 Å². The van der Waals surface area contributed by atoms with Gasteiger partial charge in [0.05, 0.1) is 16.8 Å². The Morgan fingerprint density at radius 3 is 2.79 bits per heavy atom. The van der Waals surface area contributed by atoms with E-state index in [4.69, 9.17) is 4.98 Å². The molecule has 1 aliphatic heterocycles. The van der Waals surface area contributed by atoms with Gasteiger partial charge in [0.2, 0.25) is 0 Å². The van der Waals surface area contributed by atoms with Crippen LogP contribution in [0.3, 0.4) is 0 Å². The minimum atomic E-state index is -0.0393. The Bertz CT molecular complexity index is 931. The maximum atomic E-state index is 12.9. The fourth-order valence-corrected chi connectivity index (χ4v) is 3.68. The van der Waals surface area contributed by atoms with Crippen molar-refractivity contribution in [2.75, 3.05) is 19.6 Å². The third-order valence-corrected chi connectivity index (χ3v) is 5.16. The molecular weight excluding hydrogens is 407 g/mol. The van der Waals surface area contributed by atoms with E-state index in [-0.39, 0.29) is 30.7 Å². The lowest BCUT2D eigenvalue weighted by Gasteiger charge is -2.22. The summed E-state index contributed by atoms with van der Waals surface area (Å²) in [6, 6.07) is 13.5. The van der Waals surface area contributed by atoms with Crippen LogP contribution in [0.4, 0.5) is 0 Å². The molecule has 0 spiro atoms. The zero-order valence-corrected chi connectivity index (χ0v) is 17.8. The van der Waals surface area contributed by atoms with Crippen molar-refractivity contribution in [1.82, 2.24) is 20.6 Å². The van der Waals surface area contributed by atoms with E-state index in [2.05, 4.69) is 15.6 Å². The predicted molar refractivity (Wildman–Crippen MR) is 122 cm³/mol. The number of pyridine rings is 2. The number of piperidine rings is 1. The molecule has 1 unspecified atom stereocenters. The van der Waals surface area contributed by atoms with E-state index in [1.165, 1.54) is 12.8 Å². The van der Waals surface area contributed by atoms with E-state index in [0.29, 0.717) is 18.0 Å². The second-order valence-electron chi connectivity index (χ2n) is 7.07. The Hall–Kier alpha value is -2.21. The van der Waals surface area contributed by atoms with Crippen molar-refractivity contribution in [3.8, 4) is 11.3 Å². The summed E-state index contributed by atoms with van der Waals surface area (Å²) in [7, 11) is 0. The molecule has 4 rings (SSSR count).